The normalized spacial score (nSPS) is 14.1. The largest absolute Gasteiger partial charge is 0.481 e. The van der Waals surface area contributed by atoms with E-state index in [1.807, 2.05) is 0 Å². The summed E-state index contributed by atoms with van der Waals surface area (Å²) in [5.74, 6) is -0.861. The molecule has 0 spiro atoms. The molecule has 0 radical (unpaired) electrons. The second-order valence-corrected chi connectivity index (χ2v) is 4.91. The van der Waals surface area contributed by atoms with Crippen molar-refractivity contribution < 1.29 is 28.5 Å². The van der Waals surface area contributed by atoms with Crippen LogP contribution in [0.5, 0.6) is 5.75 Å². The van der Waals surface area contributed by atoms with Gasteiger partial charge in [0.25, 0.3) is 0 Å². The van der Waals surface area contributed by atoms with E-state index in [1.54, 1.807) is 19.1 Å². The van der Waals surface area contributed by atoms with Crippen LogP contribution in [0.1, 0.15) is 31.7 Å². The van der Waals surface area contributed by atoms with Gasteiger partial charge in [0.15, 0.2) is 0 Å². The molecular weight excluding hydrogens is 270 g/mol. The lowest BCUT2D eigenvalue weighted by molar-refractivity contribution is -0.138. The van der Waals surface area contributed by atoms with Gasteiger partial charge in [-0.15, -0.1) is 0 Å². The average Bonchev–Trinajstić information content (AvgIpc) is 2.35. The van der Waals surface area contributed by atoms with Crippen LogP contribution in [0.4, 0.5) is 8.78 Å². The molecule has 0 saturated carbocycles. The highest BCUT2D eigenvalue weighted by molar-refractivity contribution is 5.66. The van der Waals surface area contributed by atoms with Crippen molar-refractivity contribution in [2.75, 3.05) is 0 Å². The number of alkyl halides is 2. The molecule has 1 rings (SSSR count). The quantitative estimate of drug-likeness (QED) is 0.772. The Morgan fingerprint density at radius 3 is 2.40 bits per heavy atom. The second-order valence-electron chi connectivity index (χ2n) is 4.91. The zero-order valence-corrected chi connectivity index (χ0v) is 11.2. The van der Waals surface area contributed by atoms with Gasteiger partial charge in [0, 0.05) is 6.42 Å². The van der Waals surface area contributed by atoms with Crippen molar-refractivity contribution in [3.05, 3.63) is 29.8 Å². The van der Waals surface area contributed by atoms with Gasteiger partial charge in [-0.2, -0.15) is 8.78 Å². The number of hydrogen-bond donors (Lipinski definition) is 2. The van der Waals surface area contributed by atoms with Crippen molar-refractivity contribution in [2.24, 2.45) is 0 Å². The first-order valence-corrected chi connectivity index (χ1v) is 6.26. The zero-order valence-electron chi connectivity index (χ0n) is 11.2. The van der Waals surface area contributed by atoms with Crippen LogP contribution in [0.2, 0.25) is 0 Å². The summed E-state index contributed by atoms with van der Waals surface area (Å²) < 4.78 is 28.2. The molecule has 0 aliphatic rings. The van der Waals surface area contributed by atoms with Crippen molar-refractivity contribution in [1.29, 1.82) is 0 Å². The SMILES string of the molecule is CC(O)(CCC(=O)O)CCc1ccc(OC(F)F)cc1. The fourth-order valence-electron chi connectivity index (χ4n) is 1.75. The number of aryl methyl sites for hydroxylation is 1. The van der Waals surface area contributed by atoms with Gasteiger partial charge in [-0.25, -0.2) is 0 Å². The summed E-state index contributed by atoms with van der Waals surface area (Å²) in [5, 5.41) is 18.6. The van der Waals surface area contributed by atoms with E-state index < -0.39 is 18.2 Å². The topological polar surface area (TPSA) is 66.8 Å². The monoisotopic (exact) mass is 288 g/mol. The van der Waals surface area contributed by atoms with Crippen LogP contribution in [-0.4, -0.2) is 28.4 Å². The molecule has 0 aliphatic carbocycles. The first-order valence-electron chi connectivity index (χ1n) is 6.26. The van der Waals surface area contributed by atoms with E-state index in [2.05, 4.69) is 4.74 Å². The molecule has 6 heteroatoms. The molecule has 1 unspecified atom stereocenters. The number of hydrogen-bond acceptors (Lipinski definition) is 3. The first-order chi connectivity index (χ1) is 9.28. The zero-order chi connectivity index (χ0) is 15.2. The van der Waals surface area contributed by atoms with Crippen LogP contribution < -0.4 is 4.74 Å². The maximum Gasteiger partial charge on any atom is 0.387 e. The van der Waals surface area contributed by atoms with Crippen LogP contribution in [0.3, 0.4) is 0 Å². The number of carboxylic acid groups (broad SMARTS) is 1. The third-order valence-electron chi connectivity index (χ3n) is 2.98. The summed E-state index contributed by atoms with van der Waals surface area (Å²) in [7, 11) is 0. The van der Waals surface area contributed by atoms with Crippen molar-refractivity contribution in [3.63, 3.8) is 0 Å². The third-order valence-corrected chi connectivity index (χ3v) is 2.98. The molecule has 1 aromatic rings. The minimum Gasteiger partial charge on any atom is -0.481 e. The Morgan fingerprint density at radius 1 is 1.30 bits per heavy atom. The van der Waals surface area contributed by atoms with Gasteiger partial charge < -0.3 is 14.9 Å². The molecular formula is C14H18F2O4. The molecule has 1 atom stereocenters. The molecule has 112 valence electrons. The average molecular weight is 288 g/mol. The number of rotatable bonds is 8. The van der Waals surface area contributed by atoms with Crippen LogP contribution in [0.25, 0.3) is 0 Å². The second kappa shape index (κ2) is 7.19. The van der Waals surface area contributed by atoms with E-state index >= 15 is 0 Å². The summed E-state index contributed by atoms with van der Waals surface area (Å²) in [4.78, 5) is 10.5. The molecule has 0 aliphatic heterocycles. The highest BCUT2D eigenvalue weighted by Crippen LogP contribution is 2.21. The van der Waals surface area contributed by atoms with Crippen molar-refractivity contribution in [2.45, 2.75) is 44.8 Å². The van der Waals surface area contributed by atoms with Crippen LogP contribution in [-0.2, 0) is 11.2 Å². The Kier molecular flexibility index (Phi) is 5.88. The molecule has 4 nitrogen and oxygen atoms in total. The predicted octanol–water partition coefficient (Wildman–Crippen LogP) is 2.84. The smallest absolute Gasteiger partial charge is 0.387 e. The van der Waals surface area contributed by atoms with Crippen LogP contribution in [0, 0.1) is 0 Å². The van der Waals surface area contributed by atoms with E-state index in [0.29, 0.717) is 12.8 Å². The van der Waals surface area contributed by atoms with E-state index in [-0.39, 0.29) is 18.6 Å². The molecule has 20 heavy (non-hydrogen) atoms. The van der Waals surface area contributed by atoms with Crippen molar-refractivity contribution >= 4 is 5.97 Å². The minimum atomic E-state index is -2.85. The van der Waals surface area contributed by atoms with Gasteiger partial charge in [-0.1, -0.05) is 12.1 Å². The Balaban J connectivity index is 2.46. The number of ether oxygens (including phenoxy) is 1. The lowest BCUT2D eigenvalue weighted by Gasteiger charge is -2.22. The predicted molar refractivity (Wildman–Crippen MR) is 68.9 cm³/mol. The molecule has 0 amide bonds. The standard InChI is InChI=1S/C14H18F2O4/c1-14(19,9-7-12(17)18)8-6-10-2-4-11(5-3-10)20-13(15)16/h2-5,13,19H,6-9H2,1H3,(H,17,18). The van der Waals surface area contributed by atoms with Gasteiger partial charge in [0.1, 0.15) is 5.75 Å². The fraction of sp³-hybridized carbons (Fsp3) is 0.500. The number of aliphatic carboxylic acids is 1. The fourth-order valence-corrected chi connectivity index (χ4v) is 1.75. The molecule has 0 heterocycles. The number of carbonyl (C=O) groups is 1. The molecule has 1 aromatic carbocycles. The van der Waals surface area contributed by atoms with Crippen molar-refractivity contribution in [1.82, 2.24) is 0 Å². The Hall–Kier alpha value is -1.69. The van der Waals surface area contributed by atoms with Crippen molar-refractivity contribution in [3.8, 4) is 5.75 Å². The number of benzene rings is 1. The lowest BCUT2D eigenvalue weighted by Crippen LogP contribution is -2.25. The number of aliphatic hydroxyl groups is 1. The Labute approximate surface area is 116 Å². The van der Waals surface area contributed by atoms with E-state index in [1.165, 1.54) is 12.1 Å². The summed E-state index contributed by atoms with van der Waals surface area (Å²) >= 11 is 0. The van der Waals surface area contributed by atoms with Crippen LogP contribution in [0.15, 0.2) is 24.3 Å². The summed E-state index contributed by atoms with van der Waals surface area (Å²) in [6.45, 7) is -1.26. The molecule has 0 aromatic heterocycles. The van der Waals surface area contributed by atoms with Crippen LogP contribution >= 0.6 is 0 Å². The third kappa shape index (κ3) is 6.47. The number of carboxylic acids is 1. The maximum absolute atomic E-state index is 12.0. The summed E-state index contributed by atoms with van der Waals surface area (Å²) in [5.41, 5.74) is -0.196. The van der Waals surface area contributed by atoms with Gasteiger partial charge in [-0.3, -0.25) is 4.79 Å². The van der Waals surface area contributed by atoms with E-state index in [0.717, 1.165) is 5.56 Å². The van der Waals surface area contributed by atoms with E-state index in [9.17, 15) is 18.7 Å². The van der Waals surface area contributed by atoms with E-state index in [4.69, 9.17) is 5.11 Å². The molecule has 2 N–H and O–H groups in total. The van der Waals surface area contributed by atoms with Gasteiger partial charge in [0.2, 0.25) is 0 Å². The van der Waals surface area contributed by atoms with Gasteiger partial charge >= 0.3 is 12.6 Å². The molecule has 0 saturated heterocycles. The minimum absolute atomic E-state index is 0.0846. The van der Waals surface area contributed by atoms with Gasteiger partial charge in [-0.05, 0) is 43.9 Å². The first kappa shape index (κ1) is 16.4. The Bertz CT molecular complexity index is 429. The molecule has 0 fully saturated rings. The van der Waals surface area contributed by atoms with Gasteiger partial charge in [0.05, 0.1) is 5.60 Å². The molecule has 0 bridgehead atoms. The summed E-state index contributed by atoms with van der Waals surface area (Å²) in [6, 6.07) is 6.16. The lowest BCUT2D eigenvalue weighted by atomic mass is 9.92. The number of halogens is 2. The Morgan fingerprint density at radius 2 is 1.90 bits per heavy atom. The maximum atomic E-state index is 12.0. The highest BCUT2D eigenvalue weighted by Gasteiger charge is 2.21. The summed E-state index contributed by atoms with van der Waals surface area (Å²) in [6.07, 6.45) is 1.01. The highest BCUT2D eigenvalue weighted by atomic mass is 19.3.